The highest BCUT2D eigenvalue weighted by atomic mass is 14.9. The lowest BCUT2D eigenvalue weighted by atomic mass is 10.1. The number of anilines is 2. The lowest BCUT2D eigenvalue weighted by Crippen LogP contribution is -2.02. The van der Waals surface area contributed by atoms with Gasteiger partial charge in [0.2, 0.25) is 0 Å². The maximum atomic E-state index is 5.53. The van der Waals surface area contributed by atoms with Gasteiger partial charge in [-0.05, 0) is 42.8 Å². The summed E-state index contributed by atoms with van der Waals surface area (Å²) in [6.45, 7) is 0.679. The standard InChI is InChI=1S/C13H15N3/c14-7-4-11-2-1-3-13(10-11)16-12-5-8-15-9-6-12/h1-3,5-6,8-10H,4,7,14H2,(H,15,16). The van der Waals surface area contributed by atoms with Gasteiger partial charge >= 0.3 is 0 Å². The van der Waals surface area contributed by atoms with E-state index in [1.165, 1.54) is 5.56 Å². The quantitative estimate of drug-likeness (QED) is 0.819. The van der Waals surface area contributed by atoms with Gasteiger partial charge in [0.15, 0.2) is 0 Å². The van der Waals surface area contributed by atoms with Crippen LogP contribution in [0.3, 0.4) is 0 Å². The Bertz CT molecular complexity index is 440. The van der Waals surface area contributed by atoms with Crippen LogP contribution in [0.4, 0.5) is 11.4 Å². The number of nitrogens with one attached hydrogen (secondary N) is 1. The normalized spacial score (nSPS) is 10.1. The molecule has 0 atom stereocenters. The van der Waals surface area contributed by atoms with Crippen molar-refractivity contribution in [3.63, 3.8) is 0 Å². The van der Waals surface area contributed by atoms with Gasteiger partial charge in [0.1, 0.15) is 0 Å². The molecule has 0 aliphatic rings. The van der Waals surface area contributed by atoms with Crippen molar-refractivity contribution in [2.45, 2.75) is 6.42 Å². The number of nitrogens with two attached hydrogens (primary N) is 1. The summed E-state index contributed by atoms with van der Waals surface area (Å²) >= 11 is 0. The van der Waals surface area contributed by atoms with Crippen molar-refractivity contribution in [3.8, 4) is 0 Å². The molecule has 3 N–H and O–H groups in total. The van der Waals surface area contributed by atoms with Crippen LogP contribution in [-0.4, -0.2) is 11.5 Å². The van der Waals surface area contributed by atoms with Crippen LogP contribution in [0.2, 0.25) is 0 Å². The molecule has 0 aliphatic carbocycles. The monoisotopic (exact) mass is 213 g/mol. The molecule has 1 aromatic carbocycles. The van der Waals surface area contributed by atoms with Crippen LogP contribution in [0.5, 0.6) is 0 Å². The summed E-state index contributed by atoms with van der Waals surface area (Å²) in [5.41, 5.74) is 8.91. The number of benzene rings is 1. The molecule has 16 heavy (non-hydrogen) atoms. The first kappa shape index (κ1) is 10.6. The molecule has 1 aromatic heterocycles. The van der Waals surface area contributed by atoms with Crippen molar-refractivity contribution >= 4 is 11.4 Å². The SMILES string of the molecule is NCCc1cccc(Nc2ccncc2)c1. The second-order valence-electron chi connectivity index (χ2n) is 3.60. The number of rotatable bonds is 4. The fourth-order valence-electron chi connectivity index (χ4n) is 1.57. The summed E-state index contributed by atoms with van der Waals surface area (Å²) in [5, 5.41) is 3.32. The van der Waals surface area contributed by atoms with Crippen molar-refractivity contribution < 1.29 is 0 Å². The van der Waals surface area contributed by atoms with E-state index in [1.807, 2.05) is 24.3 Å². The average Bonchev–Trinajstić information content (AvgIpc) is 2.31. The molecule has 3 heteroatoms. The van der Waals surface area contributed by atoms with E-state index in [-0.39, 0.29) is 0 Å². The van der Waals surface area contributed by atoms with Crippen LogP contribution < -0.4 is 11.1 Å². The fraction of sp³-hybridized carbons (Fsp3) is 0.154. The first-order valence-electron chi connectivity index (χ1n) is 5.34. The molecule has 1 heterocycles. The van der Waals surface area contributed by atoms with Crippen LogP contribution in [0.15, 0.2) is 48.8 Å². The lowest BCUT2D eigenvalue weighted by Gasteiger charge is -2.07. The molecule has 3 nitrogen and oxygen atoms in total. The first-order valence-corrected chi connectivity index (χ1v) is 5.34. The Balaban J connectivity index is 2.12. The van der Waals surface area contributed by atoms with E-state index in [4.69, 9.17) is 5.73 Å². The molecule has 0 saturated heterocycles. The van der Waals surface area contributed by atoms with Gasteiger partial charge in [-0.2, -0.15) is 0 Å². The zero-order chi connectivity index (χ0) is 11.2. The van der Waals surface area contributed by atoms with E-state index < -0.39 is 0 Å². The summed E-state index contributed by atoms with van der Waals surface area (Å²) < 4.78 is 0. The molecule has 0 spiro atoms. The third-order valence-corrected chi connectivity index (χ3v) is 2.33. The van der Waals surface area contributed by atoms with Crippen molar-refractivity contribution in [1.29, 1.82) is 0 Å². The van der Waals surface area contributed by atoms with Crippen LogP contribution in [0.1, 0.15) is 5.56 Å². The number of aromatic nitrogens is 1. The predicted molar refractivity (Wildman–Crippen MR) is 66.7 cm³/mol. The van der Waals surface area contributed by atoms with E-state index in [1.54, 1.807) is 12.4 Å². The summed E-state index contributed by atoms with van der Waals surface area (Å²) in [6.07, 6.45) is 4.45. The summed E-state index contributed by atoms with van der Waals surface area (Å²) in [6, 6.07) is 12.2. The van der Waals surface area contributed by atoms with Crippen molar-refractivity contribution in [2.75, 3.05) is 11.9 Å². The van der Waals surface area contributed by atoms with Gasteiger partial charge in [0.05, 0.1) is 0 Å². The minimum Gasteiger partial charge on any atom is -0.355 e. The fourth-order valence-corrected chi connectivity index (χ4v) is 1.57. The zero-order valence-electron chi connectivity index (χ0n) is 9.06. The third-order valence-electron chi connectivity index (χ3n) is 2.33. The minimum absolute atomic E-state index is 0.679. The van der Waals surface area contributed by atoms with E-state index in [9.17, 15) is 0 Å². The first-order chi connectivity index (χ1) is 7.88. The van der Waals surface area contributed by atoms with Gasteiger partial charge in [0, 0.05) is 23.8 Å². The molecule has 2 rings (SSSR count). The second-order valence-corrected chi connectivity index (χ2v) is 3.60. The van der Waals surface area contributed by atoms with Crippen molar-refractivity contribution in [3.05, 3.63) is 54.4 Å². The number of nitrogens with zero attached hydrogens (tertiary/aromatic N) is 1. The highest BCUT2D eigenvalue weighted by Crippen LogP contribution is 2.16. The van der Waals surface area contributed by atoms with Gasteiger partial charge in [-0.15, -0.1) is 0 Å². The highest BCUT2D eigenvalue weighted by molar-refractivity contribution is 5.59. The van der Waals surface area contributed by atoms with E-state index in [0.717, 1.165) is 17.8 Å². The third kappa shape index (κ3) is 2.81. The topological polar surface area (TPSA) is 50.9 Å². The second kappa shape index (κ2) is 5.28. The van der Waals surface area contributed by atoms with Gasteiger partial charge in [-0.25, -0.2) is 0 Å². The zero-order valence-corrected chi connectivity index (χ0v) is 9.06. The predicted octanol–water partition coefficient (Wildman–Crippen LogP) is 2.33. The molecule has 0 amide bonds. The Morgan fingerprint density at radius 2 is 1.88 bits per heavy atom. The Morgan fingerprint density at radius 3 is 2.62 bits per heavy atom. The molecule has 0 saturated carbocycles. The maximum Gasteiger partial charge on any atom is 0.0415 e. The smallest absolute Gasteiger partial charge is 0.0415 e. The largest absolute Gasteiger partial charge is 0.355 e. The summed E-state index contributed by atoms with van der Waals surface area (Å²) in [7, 11) is 0. The highest BCUT2D eigenvalue weighted by Gasteiger charge is 1.96. The molecule has 0 radical (unpaired) electrons. The van der Waals surface area contributed by atoms with Crippen LogP contribution in [0.25, 0.3) is 0 Å². The lowest BCUT2D eigenvalue weighted by molar-refractivity contribution is 0.969. The van der Waals surface area contributed by atoms with Gasteiger partial charge in [-0.3, -0.25) is 4.98 Å². The van der Waals surface area contributed by atoms with E-state index in [0.29, 0.717) is 6.54 Å². The average molecular weight is 213 g/mol. The Hall–Kier alpha value is -1.87. The summed E-state index contributed by atoms with van der Waals surface area (Å²) in [5.74, 6) is 0. The van der Waals surface area contributed by atoms with Crippen molar-refractivity contribution in [2.24, 2.45) is 5.73 Å². The van der Waals surface area contributed by atoms with E-state index in [2.05, 4.69) is 22.4 Å². The van der Waals surface area contributed by atoms with Crippen LogP contribution in [-0.2, 0) is 6.42 Å². The summed E-state index contributed by atoms with van der Waals surface area (Å²) in [4.78, 5) is 3.98. The number of pyridine rings is 1. The van der Waals surface area contributed by atoms with E-state index >= 15 is 0 Å². The minimum atomic E-state index is 0.679. The van der Waals surface area contributed by atoms with Gasteiger partial charge in [-0.1, -0.05) is 12.1 Å². The molecule has 82 valence electrons. The number of hydrogen-bond donors (Lipinski definition) is 2. The molecule has 0 bridgehead atoms. The molecular formula is C13H15N3. The van der Waals surface area contributed by atoms with Gasteiger partial charge < -0.3 is 11.1 Å². The van der Waals surface area contributed by atoms with Crippen LogP contribution in [0, 0.1) is 0 Å². The van der Waals surface area contributed by atoms with Crippen LogP contribution >= 0.6 is 0 Å². The Labute approximate surface area is 95.3 Å². The molecule has 0 unspecified atom stereocenters. The molecule has 0 fully saturated rings. The molecule has 0 aliphatic heterocycles. The number of hydrogen-bond acceptors (Lipinski definition) is 3. The van der Waals surface area contributed by atoms with Gasteiger partial charge in [0.25, 0.3) is 0 Å². The molecule has 2 aromatic rings. The molecular weight excluding hydrogens is 198 g/mol. The Morgan fingerprint density at radius 1 is 1.06 bits per heavy atom. The maximum absolute atomic E-state index is 5.53. The van der Waals surface area contributed by atoms with Crippen molar-refractivity contribution in [1.82, 2.24) is 4.98 Å². The Kier molecular flexibility index (Phi) is 3.51.